The minimum absolute atomic E-state index is 0.0288. The summed E-state index contributed by atoms with van der Waals surface area (Å²) in [5.74, 6) is -1.72. The van der Waals surface area contributed by atoms with Gasteiger partial charge in [-0.1, -0.05) is 84.9 Å². The van der Waals surface area contributed by atoms with Crippen molar-refractivity contribution in [3.63, 3.8) is 0 Å². The van der Waals surface area contributed by atoms with Crippen LogP contribution < -0.4 is 0 Å². The fourth-order valence-corrected chi connectivity index (χ4v) is 3.36. The van der Waals surface area contributed by atoms with Crippen LogP contribution in [0.1, 0.15) is 17.0 Å². The lowest BCUT2D eigenvalue weighted by atomic mass is 10.1. The summed E-state index contributed by atoms with van der Waals surface area (Å²) in [5, 5.41) is 18.9. The maximum absolute atomic E-state index is 12.1. The van der Waals surface area contributed by atoms with Crippen LogP contribution in [-0.4, -0.2) is 27.1 Å². The van der Waals surface area contributed by atoms with Gasteiger partial charge in [-0.05, 0) is 17.2 Å². The van der Waals surface area contributed by atoms with E-state index < -0.39 is 11.9 Å². The van der Waals surface area contributed by atoms with Crippen LogP contribution >= 0.6 is 0 Å². The highest BCUT2D eigenvalue weighted by atomic mass is 16.4. The van der Waals surface area contributed by atoms with E-state index in [1.807, 2.05) is 60.7 Å². The van der Waals surface area contributed by atoms with Gasteiger partial charge in [-0.2, -0.15) is 0 Å². The van der Waals surface area contributed by atoms with Crippen LogP contribution in [0.15, 0.2) is 89.3 Å². The van der Waals surface area contributed by atoms with Gasteiger partial charge >= 0.3 is 11.9 Å². The molecule has 0 unspecified atom stereocenters. The van der Waals surface area contributed by atoms with Crippen molar-refractivity contribution in [2.45, 2.75) is 6.42 Å². The van der Waals surface area contributed by atoms with E-state index in [1.165, 1.54) is 6.08 Å². The van der Waals surface area contributed by atoms with Gasteiger partial charge in [-0.25, -0.2) is 9.78 Å². The van der Waals surface area contributed by atoms with Gasteiger partial charge in [0.05, 0.1) is 6.42 Å². The number of benzene rings is 3. The van der Waals surface area contributed by atoms with Crippen LogP contribution in [0.2, 0.25) is 0 Å². The van der Waals surface area contributed by atoms with E-state index in [1.54, 1.807) is 24.3 Å². The number of carbonyl (C=O) groups is 2. The van der Waals surface area contributed by atoms with E-state index in [0.717, 1.165) is 11.1 Å². The van der Waals surface area contributed by atoms with Crippen molar-refractivity contribution in [1.29, 1.82) is 0 Å². The number of aromatic nitrogens is 1. The van der Waals surface area contributed by atoms with E-state index in [2.05, 4.69) is 4.98 Å². The van der Waals surface area contributed by atoms with Crippen molar-refractivity contribution in [2.24, 2.45) is 0 Å². The third-order valence-electron chi connectivity index (χ3n) is 4.79. The molecule has 6 nitrogen and oxygen atoms in total. The summed E-state index contributed by atoms with van der Waals surface area (Å²) in [7, 11) is 0. The Kier molecular flexibility index (Phi) is 5.94. The summed E-state index contributed by atoms with van der Waals surface area (Å²) in [6.07, 6.45) is 1.28. The molecule has 1 heterocycles. The second kappa shape index (κ2) is 9.14. The number of rotatable bonds is 7. The molecule has 0 saturated heterocycles. The Bertz CT molecular complexity index is 1230. The zero-order chi connectivity index (χ0) is 22.5. The number of hydrogen-bond donors (Lipinski definition) is 2. The molecule has 0 amide bonds. The van der Waals surface area contributed by atoms with E-state index in [-0.39, 0.29) is 17.9 Å². The molecule has 0 aliphatic heterocycles. The minimum Gasteiger partial charge on any atom is -0.481 e. The molecular weight excluding hydrogens is 406 g/mol. The molecule has 0 spiro atoms. The normalized spacial score (nSPS) is 11.3. The van der Waals surface area contributed by atoms with Crippen molar-refractivity contribution in [1.82, 2.24) is 4.98 Å². The van der Waals surface area contributed by atoms with Crippen molar-refractivity contribution >= 4 is 23.6 Å². The van der Waals surface area contributed by atoms with E-state index in [4.69, 9.17) is 9.52 Å². The number of nitrogens with zero attached hydrogens (tertiary/aromatic N) is 1. The number of oxazole rings is 1. The first-order valence-electron chi connectivity index (χ1n) is 9.89. The summed E-state index contributed by atoms with van der Waals surface area (Å²) in [4.78, 5) is 27.6. The molecule has 0 aliphatic carbocycles. The SMILES string of the molecule is O=C(O)Cc1cccc(C=C(C(=O)O)c2nc(-c3ccccc3)c(-c3ccccc3)o2)c1. The molecule has 0 atom stereocenters. The Balaban J connectivity index is 1.83. The van der Waals surface area contributed by atoms with Gasteiger partial charge < -0.3 is 14.6 Å². The van der Waals surface area contributed by atoms with Crippen molar-refractivity contribution < 1.29 is 24.2 Å². The number of carboxylic acid groups (broad SMARTS) is 2. The summed E-state index contributed by atoms with van der Waals surface area (Å²) in [6.45, 7) is 0. The first-order valence-corrected chi connectivity index (χ1v) is 9.89. The predicted molar refractivity (Wildman–Crippen MR) is 121 cm³/mol. The van der Waals surface area contributed by atoms with Gasteiger partial charge in [0.25, 0.3) is 0 Å². The molecule has 0 aliphatic rings. The number of aliphatic carboxylic acids is 2. The Hall–Kier alpha value is -4.45. The fraction of sp³-hybridized carbons (Fsp3) is 0.0385. The zero-order valence-electron chi connectivity index (χ0n) is 16.9. The van der Waals surface area contributed by atoms with Crippen LogP contribution in [0.4, 0.5) is 0 Å². The molecule has 3 aromatic carbocycles. The van der Waals surface area contributed by atoms with Crippen molar-refractivity contribution in [3.05, 3.63) is 102 Å². The molecule has 2 N–H and O–H groups in total. The molecule has 0 bridgehead atoms. The van der Waals surface area contributed by atoms with Gasteiger partial charge in [0.15, 0.2) is 5.76 Å². The molecule has 0 saturated carbocycles. The van der Waals surface area contributed by atoms with Crippen LogP contribution in [-0.2, 0) is 16.0 Å². The van der Waals surface area contributed by atoms with E-state index in [0.29, 0.717) is 22.6 Å². The van der Waals surface area contributed by atoms with Gasteiger partial charge in [0.1, 0.15) is 11.3 Å². The first kappa shape index (κ1) is 20.8. The lowest BCUT2D eigenvalue weighted by molar-refractivity contribution is -0.136. The molecule has 4 aromatic rings. The Morgan fingerprint density at radius 2 is 1.50 bits per heavy atom. The Morgan fingerprint density at radius 3 is 2.12 bits per heavy atom. The average Bonchev–Trinajstić information content (AvgIpc) is 3.23. The standard InChI is InChI=1S/C26H19NO5/c28-22(29)16-18-9-7-8-17(14-18)15-21(26(30)31)25-27-23(19-10-3-1-4-11-19)24(32-25)20-12-5-2-6-13-20/h1-15H,16H2,(H,28,29)(H,30,31). The molecule has 0 fully saturated rings. The van der Waals surface area contributed by atoms with E-state index >= 15 is 0 Å². The van der Waals surface area contributed by atoms with Crippen LogP contribution in [0.5, 0.6) is 0 Å². The topological polar surface area (TPSA) is 101 Å². The Labute approximate surface area is 184 Å². The van der Waals surface area contributed by atoms with Crippen molar-refractivity contribution in [3.8, 4) is 22.6 Å². The predicted octanol–water partition coefficient (Wildman–Crippen LogP) is 5.26. The van der Waals surface area contributed by atoms with Gasteiger partial charge in [-0.3, -0.25) is 4.79 Å². The maximum atomic E-state index is 12.1. The summed E-state index contributed by atoms with van der Waals surface area (Å²) >= 11 is 0. The zero-order valence-corrected chi connectivity index (χ0v) is 16.9. The maximum Gasteiger partial charge on any atom is 0.341 e. The average molecular weight is 425 g/mol. The fourth-order valence-electron chi connectivity index (χ4n) is 3.36. The van der Waals surface area contributed by atoms with Gasteiger partial charge in [0, 0.05) is 11.1 Å². The highest BCUT2D eigenvalue weighted by Crippen LogP contribution is 2.35. The van der Waals surface area contributed by atoms with Crippen LogP contribution in [0.3, 0.4) is 0 Å². The monoisotopic (exact) mass is 425 g/mol. The summed E-state index contributed by atoms with van der Waals surface area (Å²) in [5.41, 5.74) is 3.10. The second-order valence-electron chi connectivity index (χ2n) is 7.11. The molecule has 0 radical (unpaired) electrons. The molecule has 4 rings (SSSR count). The summed E-state index contributed by atoms with van der Waals surface area (Å²) in [6, 6.07) is 25.5. The molecule has 32 heavy (non-hydrogen) atoms. The lowest BCUT2D eigenvalue weighted by Crippen LogP contribution is -2.01. The second-order valence-corrected chi connectivity index (χ2v) is 7.11. The van der Waals surface area contributed by atoms with Crippen LogP contribution in [0.25, 0.3) is 34.2 Å². The highest BCUT2D eigenvalue weighted by Gasteiger charge is 2.22. The molecule has 6 heteroatoms. The molecule has 1 aromatic heterocycles. The molecular formula is C26H19NO5. The summed E-state index contributed by atoms with van der Waals surface area (Å²) < 4.78 is 5.99. The van der Waals surface area contributed by atoms with Crippen molar-refractivity contribution in [2.75, 3.05) is 0 Å². The van der Waals surface area contributed by atoms with Gasteiger partial charge in [0.2, 0.25) is 5.89 Å². The Morgan fingerprint density at radius 1 is 0.844 bits per heavy atom. The van der Waals surface area contributed by atoms with E-state index in [9.17, 15) is 14.7 Å². The first-order chi connectivity index (χ1) is 15.5. The smallest absolute Gasteiger partial charge is 0.341 e. The highest BCUT2D eigenvalue weighted by molar-refractivity contribution is 6.19. The largest absolute Gasteiger partial charge is 0.481 e. The third-order valence-corrected chi connectivity index (χ3v) is 4.79. The molecule has 158 valence electrons. The lowest BCUT2D eigenvalue weighted by Gasteiger charge is -2.02. The van der Waals surface area contributed by atoms with Gasteiger partial charge in [-0.15, -0.1) is 0 Å². The number of carboxylic acids is 2. The third kappa shape index (κ3) is 4.65. The minimum atomic E-state index is -1.20. The quantitative estimate of drug-likeness (QED) is 0.392. The van der Waals surface area contributed by atoms with Crippen LogP contribution in [0, 0.1) is 0 Å². The number of hydrogen-bond acceptors (Lipinski definition) is 4.